The van der Waals surface area contributed by atoms with Crippen molar-refractivity contribution < 1.29 is 0 Å². The van der Waals surface area contributed by atoms with Gasteiger partial charge in [0.1, 0.15) is 0 Å². The van der Waals surface area contributed by atoms with Crippen LogP contribution < -0.4 is 10.6 Å². The summed E-state index contributed by atoms with van der Waals surface area (Å²) in [6.45, 7) is 3.63. The van der Waals surface area contributed by atoms with Gasteiger partial charge in [0.15, 0.2) is 5.11 Å². The summed E-state index contributed by atoms with van der Waals surface area (Å²) >= 11 is 5.35. The third-order valence-corrected chi connectivity index (χ3v) is 4.14. The third-order valence-electron chi connectivity index (χ3n) is 3.90. The molecule has 0 bridgehead atoms. The lowest BCUT2D eigenvalue weighted by atomic mass is 10.1. The Morgan fingerprint density at radius 3 is 2.56 bits per heavy atom. The predicted molar refractivity (Wildman–Crippen MR) is 107 cm³/mol. The van der Waals surface area contributed by atoms with Crippen LogP contribution in [0.4, 0.5) is 5.69 Å². The summed E-state index contributed by atoms with van der Waals surface area (Å²) in [5.74, 6) is 0. The van der Waals surface area contributed by atoms with Gasteiger partial charge < -0.3 is 10.6 Å². The Morgan fingerprint density at radius 2 is 1.80 bits per heavy atom. The highest BCUT2D eigenvalue weighted by Gasteiger charge is 2.02. The number of aryl methyl sites for hydroxylation is 1. The van der Waals surface area contributed by atoms with Crippen molar-refractivity contribution in [3.05, 3.63) is 83.7 Å². The molecule has 0 fully saturated rings. The summed E-state index contributed by atoms with van der Waals surface area (Å²) in [7, 11) is 0. The molecule has 1 aromatic heterocycles. The fraction of sp³-hybridized carbons (Fsp3) is 0.200. The predicted octanol–water partition coefficient (Wildman–Crippen LogP) is 3.77. The molecule has 0 aliphatic rings. The molecule has 3 rings (SSSR count). The second kappa shape index (κ2) is 8.44. The first-order chi connectivity index (χ1) is 12.2. The maximum Gasteiger partial charge on any atom is 0.170 e. The molecule has 0 radical (unpaired) electrons. The van der Waals surface area contributed by atoms with E-state index in [9.17, 15) is 0 Å². The molecule has 25 heavy (non-hydrogen) atoms. The van der Waals surface area contributed by atoms with Crippen LogP contribution in [-0.4, -0.2) is 21.4 Å². The molecule has 3 aromatic rings. The molecule has 0 amide bonds. The fourth-order valence-corrected chi connectivity index (χ4v) is 2.76. The summed E-state index contributed by atoms with van der Waals surface area (Å²) in [5.41, 5.74) is 4.68. The van der Waals surface area contributed by atoms with Gasteiger partial charge in [0, 0.05) is 12.7 Å². The molecule has 0 aliphatic heterocycles. The Kier molecular flexibility index (Phi) is 5.80. The largest absolute Gasteiger partial charge is 0.362 e. The summed E-state index contributed by atoms with van der Waals surface area (Å²) < 4.78 is 1.90. The number of nitrogens with zero attached hydrogens (tertiary/aromatic N) is 2. The zero-order valence-corrected chi connectivity index (χ0v) is 15.1. The van der Waals surface area contributed by atoms with Crippen molar-refractivity contribution in [1.82, 2.24) is 15.1 Å². The van der Waals surface area contributed by atoms with Crippen LogP contribution in [0.3, 0.4) is 0 Å². The minimum absolute atomic E-state index is 0.616. The number of benzene rings is 2. The van der Waals surface area contributed by atoms with Crippen LogP contribution in [0.25, 0.3) is 0 Å². The molecule has 1 heterocycles. The van der Waals surface area contributed by atoms with Crippen LogP contribution in [0, 0.1) is 6.92 Å². The molecule has 0 aliphatic carbocycles. The van der Waals surface area contributed by atoms with Crippen LogP contribution in [0.1, 0.15) is 16.7 Å². The number of nitrogens with one attached hydrogen (secondary N) is 2. The monoisotopic (exact) mass is 350 g/mol. The van der Waals surface area contributed by atoms with Crippen LogP contribution in [0.2, 0.25) is 0 Å². The van der Waals surface area contributed by atoms with Crippen LogP contribution in [0.15, 0.2) is 67.0 Å². The molecule has 0 unspecified atom stereocenters. The number of rotatable bonds is 6. The molecule has 0 saturated heterocycles. The fourth-order valence-electron chi connectivity index (χ4n) is 2.54. The Morgan fingerprint density at radius 1 is 1.04 bits per heavy atom. The summed E-state index contributed by atoms with van der Waals surface area (Å²) in [5, 5.41) is 11.4. The zero-order chi connectivity index (χ0) is 17.5. The van der Waals surface area contributed by atoms with E-state index in [1.165, 1.54) is 16.7 Å². The average Bonchev–Trinajstić information content (AvgIpc) is 3.05. The van der Waals surface area contributed by atoms with Crippen LogP contribution >= 0.6 is 12.2 Å². The Bertz CT molecular complexity index is 809. The molecule has 5 heteroatoms. The number of anilines is 1. The van der Waals surface area contributed by atoms with Crippen molar-refractivity contribution in [2.24, 2.45) is 0 Å². The highest BCUT2D eigenvalue weighted by Crippen LogP contribution is 2.09. The van der Waals surface area contributed by atoms with Crippen molar-refractivity contribution in [2.45, 2.75) is 19.9 Å². The lowest BCUT2D eigenvalue weighted by molar-refractivity contribution is 0.687. The van der Waals surface area contributed by atoms with Crippen molar-refractivity contribution in [2.75, 3.05) is 11.9 Å². The Hall–Kier alpha value is -2.66. The molecular weight excluding hydrogens is 328 g/mol. The van der Waals surface area contributed by atoms with E-state index < -0.39 is 0 Å². The van der Waals surface area contributed by atoms with Gasteiger partial charge in [-0.25, -0.2) is 0 Å². The summed E-state index contributed by atoms with van der Waals surface area (Å²) in [4.78, 5) is 0. The third kappa shape index (κ3) is 5.43. The van der Waals surface area contributed by atoms with Gasteiger partial charge in [-0.1, -0.05) is 60.2 Å². The molecule has 2 aromatic carbocycles. The van der Waals surface area contributed by atoms with Gasteiger partial charge in [0.25, 0.3) is 0 Å². The Labute approximate surface area is 153 Å². The number of aromatic nitrogens is 2. The normalized spacial score (nSPS) is 10.4. The van der Waals surface area contributed by atoms with Crippen LogP contribution in [0.5, 0.6) is 0 Å². The minimum atomic E-state index is 0.616. The highest BCUT2D eigenvalue weighted by molar-refractivity contribution is 7.80. The average molecular weight is 350 g/mol. The quantitative estimate of drug-likeness (QED) is 0.664. The van der Waals surface area contributed by atoms with Gasteiger partial charge in [0.05, 0.1) is 18.4 Å². The summed E-state index contributed by atoms with van der Waals surface area (Å²) in [6, 6.07) is 18.8. The molecule has 0 saturated carbocycles. The van der Waals surface area contributed by atoms with E-state index in [0.717, 1.165) is 25.2 Å². The molecule has 2 N–H and O–H groups in total. The smallest absolute Gasteiger partial charge is 0.170 e. The lowest BCUT2D eigenvalue weighted by Gasteiger charge is -2.08. The first-order valence-electron chi connectivity index (χ1n) is 8.36. The van der Waals surface area contributed by atoms with Gasteiger partial charge in [-0.05, 0) is 36.7 Å². The molecule has 0 atom stereocenters. The highest BCUT2D eigenvalue weighted by atomic mass is 32.1. The Balaban J connectivity index is 1.45. The van der Waals surface area contributed by atoms with Gasteiger partial charge >= 0.3 is 0 Å². The first-order valence-corrected chi connectivity index (χ1v) is 8.77. The van der Waals surface area contributed by atoms with Crippen molar-refractivity contribution in [1.29, 1.82) is 0 Å². The van der Waals surface area contributed by atoms with E-state index in [0.29, 0.717) is 5.11 Å². The van der Waals surface area contributed by atoms with Gasteiger partial charge in [-0.3, -0.25) is 4.68 Å². The van der Waals surface area contributed by atoms with Gasteiger partial charge in [-0.2, -0.15) is 5.10 Å². The second-order valence-corrected chi connectivity index (χ2v) is 6.44. The second-order valence-electron chi connectivity index (χ2n) is 6.03. The van der Waals surface area contributed by atoms with Gasteiger partial charge in [0.2, 0.25) is 0 Å². The minimum Gasteiger partial charge on any atom is -0.362 e. The summed E-state index contributed by atoms with van der Waals surface area (Å²) in [6.07, 6.45) is 4.69. The number of hydrogen-bond donors (Lipinski definition) is 2. The SMILES string of the molecule is Cc1ccc(Cn2cc(NC(=S)NCCc3ccccc3)cn2)cc1. The van der Waals surface area contributed by atoms with E-state index in [4.69, 9.17) is 12.2 Å². The lowest BCUT2D eigenvalue weighted by Crippen LogP contribution is -2.30. The van der Waals surface area contributed by atoms with Crippen molar-refractivity contribution in [3.63, 3.8) is 0 Å². The number of thiocarbonyl (C=S) groups is 1. The molecule has 0 spiro atoms. The van der Waals surface area contributed by atoms with Crippen LogP contribution in [-0.2, 0) is 13.0 Å². The molecule has 4 nitrogen and oxygen atoms in total. The topological polar surface area (TPSA) is 41.9 Å². The van der Waals surface area contributed by atoms with Crippen molar-refractivity contribution in [3.8, 4) is 0 Å². The first kappa shape index (κ1) is 17.2. The van der Waals surface area contributed by atoms with E-state index in [1.807, 2.05) is 29.1 Å². The van der Waals surface area contributed by atoms with E-state index >= 15 is 0 Å². The van der Waals surface area contributed by atoms with E-state index in [1.54, 1.807) is 6.20 Å². The van der Waals surface area contributed by atoms with E-state index in [2.05, 4.69) is 59.1 Å². The molecule has 128 valence electrons. The standard InChI is InChI=1S/C20H22N4S/c1-16-7-9-18(10-8-16)14-24-15-19(13-22-24)23-20(25)21-12-11-17-5-3-2-4-6-17/h2-10,13,15H,11-12,14H2,1H3,(H2,21,23,25). The number of hydrogen-bond acceptors (Lipinski definition) is 2. The van der Waals surface area contributed by atoms with E-state index in [-0.39, 0.29) is 0 Å². The zero-order valence-electron chi connectivity index (χ0n) is 14.3. The maximum atomic E-state index is 5.35. The van der Waals surface area contributed by atoms with Crippen molar-refractivity contribution >= 4 is 23.0 Å². The maximum absolute atomic E-state index is 5.35. The molecular formula is C20H22N4S. The van der Waals surface area contributed by atoms with Gasteiger partial charge in [-0.15, -0.1) is 0 Å².